The Bertz CT molecular complexity index is 37.8. The molecule has 0 saturated carbocycles. The smallest absolute Gasteiger partial charge is 0.0522 e. The SMILES string of the molecule is CC(C)OC(C)C.[Ti]. The Hall–Kier alpha value is 0.674. The van der Waals surface area contributed by atoms with Gasteiger partial charge in [0.1, 0.15) is 0 Å². The topological polar surface area (TPSA) is 9.23 Å². The summed E-state index contributed by atoms with van der Waals surface area (Å²) in [7, 11) is 0. The molecule has 0 fully saturated rings. The van der Waals surface area contributed by atoms with Gasteiger partial charge in [-0.3, -0.25) is 0 Å². The van der Waals surface area contributed by atoms with Crippen LogP contribution in [0.1, 0.15) is 27.7 Å². The van der Waals surface area contributed by atoms with Gasteiger partial charge in [0.05, 0.1) is 12.2 Å². The minimum atomic E-state index is 0. The Balaban J connectivity index is 0. The predicted octanol–water partition coefficient (Wildman–Crippen LogP) is 1.82. The van der Waals surface area contributed by atoms with E-state index in [4.69, 9.17) is 4.74 Å². The van der Waals surface area contributed by atoms with Crippen LogP contribution in [0.4, 0.5) is 0 Å². The molecule has 0 bridgehead atoms. The van der Waals surface area contributed by atoms with Gasteiger partial charge in [0.15, 0.2) is 0 Å². The first-order valence-corrected chi connectivity index (χ1v) is 2.78. The molecule has 0 atom stereocenters. The van der Waals surface area contributed by atoms with Crippen molar-refractivity contribution in [2.45, 2.75) is 39.9 Å². The van der Waals surface area contributed by atoms with Gasteiger partial charge < -0.3 is 4.74 Å². The van der Waals surface area contributed by atoms with E-state index in [0.29, 0.717) is 12.2 Å². The normalized spacial score (nSPS) is 9.75. The van der Waals surface area contributed by atoms with E-state index in [-0.39, 0.29) is 21.7 Å². The van der Waals surface area contributed by atoms with Crippen LogP contribution < -0.4 is 0 Å². The first-order valence-electron chi connectivity index (χ1n) is 2.78. The van der Waals surface area contributed by atoms with Crippen molar-refractivity contribution < 1.29 is 26.5 Å². The molecule has 0 aliphatic rings. The molecule has 0 rings (SSSR count). The molecule has 0 aromatic heterocycles. The summed E-state index contributed by atoms with van der Waals surface area (Å²) in [6.45, 7) is 8.17. The van der Waals surface area contributed by atoms with Crippen LogP contribution in [-0.4, -0.2) is 12.2 Å². The van der Waals surface area contributed by atoms with Gasteiger partial charge in [-0.25, -0.2) is 0 Å². The van der Waals surface area contributed by atoms with Gasteiger partial charge in [-0.1, -0.05) is 0 Å². The molecule has 0 radical (unpaired) electrons. The first-order chi connectivity index (χ1) is 3.13. The van der Waals surface area contributed by atoms with Crippen molar-refractivity contribution >= 4 is 0 Å². The van der Waals surface area contributed by atoms with Gasteiger partial charge >= 0.3 is 0 Å². The zero-order valence-electron chi connectivity index (χ0n) is 6.06. The molecule has 0 saturated heterocycles. The number of hydrogen-bond donors (Lipinski definition) is 0. The fraction of sp³-hybridized carbons (Fsp3) is 1.00. The molecular weight excluding hydrogens is 136 g/mol. The van der Waals surface area contributed by atoms with Crippen LogP contribution in [0.5, 0.6) is 0 Å². The van der Waals surface area contributed by atoms with Gasteiger partial charge in [0, 0.05) is 21.7 Å². The largest absolute Gasteiger partial charge is 0.376 e. The number of hydrogen-bond acceptors (Lipinski definition) is 1. The fourth-order valence-corrected chi connectivity index (χ4v) is 0.544. The second-order valence-corrected chi connectivity index (χ2v) is 2.23. The summed E-state index contributed by atoms with van der Waals surface area (Å²) in [6, 6.07) is 0. The van der Waals surface area contributed by atoms with Crippen molar-refractivity contribution in [3.8, 4) is 0 Å². The van der Waals surface area contributed by atoms with Gasteiger partial charge in [-0.2, -0.15) is 0 Å². The quantitative estimate of drug-likeness (QED) is 0.545. The molecule has 0 N–H and O–H groups in total. The predicted molar refractivity (Wildman–Crippen MR) is 31.4 cm³/mol. The van der Waals surface area contributed by atoms with Crippen molar-refractivity contribution in [2.75, 3.05) is 0 Å². The molecule has 0 aliphatic heterocycles. The Kier molecular flexibility index (Phi) is 8.32. The maximum atomic E-state index is 5.25. The van der Waals surface area contributed by atoms with Gasteiger partial charge in [0.2, 0.25) is 0 Å². The molecule has 8 heavy (non-hydrogen) atoms. The molecule has 0 amide bonds. The Morgan fingerprint density at radius 1 is 0.875 bits per heavy atom. The molecule has 0 aromatic rings. The molecule has 1 nitrogen and oxygen atoms in total. The van der Waals surface area contributed by atoms with Crippen LogP contribution in [0.3, 0.4) is 0 Å². The van der Waals surface area contributed by atoms with E-state index < -0.39 is 0 Å². The summed E-state index contributed by atoms with van der Waals surface area (Å²) in [6.07, 6.45) is 0.750. The summed E-state index contributed by atoms with van der Waals surface area (Å²) in [5.74, 6) is 0. The van der Waals surface area contributed by atoms with Crippen molar-refractivity contribution in [1.82, 2.24) is 0 Å². The van der Waals surface area contributed by atoms with Crippen molar-refractivity contribution in [3.63, 3.8) is 0 Å². The average Bonchev–Trinajstić information content (AvgIpc) is 1.27. The fourth-order valence-electron chi connectivity index (χ4n) is 0.544. The third-order valence-electron chi connectivity index (χ3n) is 0.544. The van der Waals surface area contributed by atoms with Gasteiger partial charge in [-0.15, -0.1) is 0 Å². The third kappa shape index (κ3) is 9.84. The molecule has 0 heterocycles. The average molecular weight is 150 g/mol. The van der Waals surface area contributed by atoms with Crippen molar-refractivity contribution in [3.05, 3.63) is 0 Å². The van der Waals surface area contributed by atoms with E-state index in [2.05, 4.69) is 0 Å². The van der Waals surface area contributed by atoms with Crippen molar-refractivity contribution in [2.24, 2.45) is 0 Å². The minimum Gasteiger partial charge on any atom is -0.376 e. The summed E-state index contributed by atoms with van der Waals surface area (Å²) >= 11 is 0. The van der Waals surface area contributed by atoms with Crippen LogP contribution in [0, 0.1) is 0 Å². The van der Waals surface area contributed by atoms with E-state index in [1.807, 2.05) is 27.7 Å². The summed E-state index contributed by atoms with van der Waals surface area (Å²) < 4.78 is 5.25. The van der Waals surface area contributed by atoms with E-state index in [0.717, 1.165) is 0 Å². The van der Waals surface area contributed by atoms with E-state index in [9.17, 15) is 0 Å². The van der Waals surface area contributed by atoms with Crippen LogP contribution in [-0.2, 0) is 26.5 Å². The third-order valence-corrected chi connectivity index (χ3v) is 0.544. The van der Waals surface area contributed by atoms with E-state index in [1.54, 1.807) is 0 Å². The second-order valence-electron chi connectivity index (χ2n) is 2.23. The van der Waals surface area contributed by atoms with E-state index in [1.165, 1.54) is 0 Å². The van der Waals surface area contributed by atoms with Crippen molar-refractivity contribution in [1.29, 1.82) is 0 Å². The molecule has 0 aromatic carbocycles. The minimum absolute atomic E-state index is 0. The standard InChI is InChI=1S/C6H14O.Ti/c1-5(2)7-6(3)4;/h5-6H,1-4H3;. The Labute approximate surface area is 66.7 Å². The number of rotatable bonds is 2. The molecule has 0 spiro atoms. The van der Waals surface area contributed by atoms with Gasteiger partial charge in [0.25, 0.3) is 0 Å². The molecule has 0 unspecified atom stereocenters. The van der Waals surface area contributed by atoms with E-state index >= 15 is 0 Å². The Morgan fingerprint density at radius 2 is 1.12 bits per heavy atom. The second kappa shape index (κ2) is 5.80. The summed E-state index contributed by atoms with van der Waals surface area (Å²) in [4.78, 5) is 0. The zero-order chi connectivity index (χ0) is 5.86. The molecular formula is C6H14OTi. The first kappa shape index (κ1) is 11.5. The monoisotopic (exact) mass is 150 g/mol. The maximum Gasteiger partial charge on any atom is 0.0522 e. The maximum absolute atomic E-state index is 5.25. The number of ether oxygens (including phenoxy) is 1. The molecule has 2 heteroatoms. The summed E-state index contributed by atoms with van der Waals surface area (Å²) in [5.41, 5.74) is 0. The van der Waals surface area contributed by atoms with Crippen LogP contribution in [0.2, 0.25) is 0 Å². The van der Waals surface area contributed by atoms with Crippen LogP contribution in [0.15, 0.2) is 0 Å². The molecule has 0 aliphatic carbocycles. The zero-order valence-corrected chi connectivity index (χ0v) is 7.62. The van der Waals surface area contributed by atoms with Crippen LogP contribution >= 0.6 is 0 Å². The molecule has 48 valence electrons. The van der Waals surface area contributed by atoms with Gasteiger partial charge in [-0.05, 0) is 27.7 Å². The van der Waals surface area contributed by atoms with Crippen LogP contribution in [0.25, 0.3) is 0 Å². The summed E-state index contributed by atoms with van der Waals surface area (Å²) in [5, 5.41) is 0. The Morgan fingerprint density at radius 3 is 1.12 bits per heavy atom.